The lowest BCUT2D eigenvalue weighted by Gasteiger charge is -2.33. The third-order valence-corrected chi connectivity index (χ3v) is 9.29. The number of furan rings is 1. The fourth-order valence-corrected chi connectivity index (χ4v) is 7.04. The van der Waals surface area contributed by atoms with Crippen molar-refractivity contribution in [2.45, 2.75) is 51.7 Å². The van der Waals surface area contributed by atoms with E-state index in [1.807, 2.05) is 22.8 Å². The van der Waals surface area contributed by atoms with Crippen LogP contribution in [0.15, 0.2) is 46.5 Å². The number of carbonyl (C=O) groups is 1. The van der Waals surface area contributed by atoms with E-state index in [1.165, 1.54) is 16.6 Å². The second-order valence-corrected chi connectivity index (χ2v) is 12.9. The Morgan fingerprint density at radius 2 is 2.21 bits per heavy atom. The number of hydrogen-bond acceptors (Lipinski definition) is 7. The van der Waals surface area contributed by atoms with Crippen LogP contribution in [0.1, 0.15) is 43.2 Å². The van der Waals surface area contributed by atoms with E-state index in [2.05, 4.69) is 48.9 Å². The van der Waals surface area contributed by atoms with Crippen molar-refractivity contribution < 1.29 is 9.21 Å². The molecule has 0 saturated heterocycles. The van der Waals surface area contributed by atoms with Crippen LogP contribution >= 0.6 is 34.7 Å². The minimum absolute atomic E-state index is 0.128. The Morgan fingerprint density at radius 1 is 1.39 bits per heavy atom. The van der Waals surface area contributed by atoms with Crippen LogP contribution in [0.25, 0.3) is 22.6 Å². The quantitative estimate of drug-likeness (QED) is 0.186. The van der Waals surface area contributed by atoms with Crippen molar-refractivity contribution >= 4 is 56.6 Å². The smallest absolute Gasteiger partial charge is 0.235 e. The number of carbonyl (C=O) groups excluding carboxylic acids is 1. The van der Waals surface area contributed by atoms with Crippen LogP contribution in [0.2, 0.25) is 5.02 Å². The molecular weight excluding hydrogens is 538 g/mol. The minimum atomic E-state index is -0.189. The predicted octanol–water partition coefficient (Wildman–Crippen LogP) is 7.35. The molecule has 0 fully saturated rings. The lowest BCUT2D eigenvalue weighted by molar-refractivity contribution is -0.113. The number of fused-ring (bicyclic) bond motifs is 2. The lowest BCUT2D eigenvalue weighted by atomic mass is 9.72. The van der Waals surface area contributed by atoms with Gasteiger partial charge in [0.2, 0.25) is 11.7 Å². The molecule has 7 nitrogen and oxygen atoms in total. The molecule has 38 heavy (non-hydrogen) atoms. The standard InChI is InChI=1S/C28H28ClN5O2S2/c1-5-10-34-25(22-12-16-11-18(29)7-9-21(16)36-22)32-33-27(34)37-15-24(35)31-26-20(14-30)19-8-6-17(28(2,3)4)13-23(19)38-26/h5,7,9,11-12,17H,1,6,8,10,13,15H2,2-4H3,(H,31,35)/t17-/m1/s1. The highest BCUT2D eigenvalue weighted by Crippen LogP contribution is 2.44. The number of nitrogens with one attached hydrogen (secondary N) is 1. The summed E-state index contributed by atoms with van der Waals surface area (Å²) < 4.78 is 7.84. The van der Waals surface area contributed by atoms with Crippen molar-refractivity contribution in [2.24, 2.45) is 11.3 Å². The maximum atomic E-state index is 12.9. The number of halogens is 1. The number of anilines is 1. The molecule has 3 heterocycles. The summed E-state index contributed by atoms with van der Waals surface area (Å²) in [4.78, 5) is 14.2. The number of hydrogen-bond donors (Lipinski definition) is 1. The summed E-state index contributed by atoms with van der Waals surface area (Å²) >= 11 is 8.93. The van der Waals surface area contributed by atoms with Gasteiger partial charge >= 0.3 is 0 Å². The van der Waals surface area contributed by atoms with Gasteiger partial charge in [-0.15, -0.1) is 28.1 Å². The number of nitriles is 1. The van der Waals surface area contributed by atoms with Gasteiger partial charge < -0.3 is 9.73 Å². The summed E-state index contributed by atoms with van der Waals surface area (Å²) in [5.41, 5.74) is 2.62. The molecule has 196 valence electrons. The molecule has 0 unspecified atom stereocenters. The molecule has 0 spiro atoms. The lowest BCUT2D eigenvalue weighted by Crippen LogP contribution is -2.26. The fourth-order valence-electron chi connectivity index (χ4n) is 4.82. The monoisotopic (exact) mass is 565 g/mol. The van der Waals surface area contributed by atoms with Gasteiger partial charge in [-0.2, -0.15) is 5.26 Å². The van der Waals surface area contributed by atoms with Gasteiger partial charge in [-0.1, -0.05) is 50.2 Å². The summed E-state index contributed by atoms with van der Waals surface area (Å²) in [5, 5.41) is 24.2. The average molecular weight is 566 g/mol. The van der Waals surface area contributed by atoms with Crippen LogP contribution in [0.5, 0.6) is 0 Å². The molecule has 5 rings (SSSR count). The molecule has 1 aliphatic rings. The molecule has 1 N–H and O–H groups in total. The summed E-state index contributed by atoms with van der Waals surface area (Å²) in [6.45, 7) is 11.1. The van der Waals surface area contributed by atoms with Gasteiger partial charge in [0, 0.05) is 21.8 Å². The molecular formula is C28H28ClN5O2S2. The van der Waals surface area contributed by atoms with Crippen LogP contribution in [-0.4, -0.2) is 26.4 Å². The van der Waals surface area contributed by atoms with Gasteiger partial charge in [-0.3, -0.25) is 9.36 Å². The molecule has 0 radical (unpaired) electrons. The molecule has 1 atom stereocenters. The van der Waals surface area contributed by atoms with E-state index in [0.29, 0.717) is 50.4 Å². The highest BCUT2D eigenvalue weighted by molar-refractivity contribution is 7.99. The highest BCUT2D eigenvalue weighted by atomic mass is 35.5. The Morgan fingerprint density at radius 3 is 2.95 bits per heavy atom. The molecule has 0 aliphatic heterocycles. The van der Waals surface area contributed by atoms with Crippen molar-refractivity contribution in [3.63, 3.8) is 0 Å². The second kappa shape index (κ2) is 10.6. The normalized spacial score (nSPS) is 15.3. The molecule has 4 aromatic rings. The summed E-state index contributed by atoms with van der Waals surface area (Å²) in [5.74, 6) is 1.61. The van der Waals surface area contributed by atoms with Gasteiger partial charge in [-0.05, 0) is 60.4 Å². The van der Waals surface area contributed by atoms with Crippen LogP contribution in [0.4, 0.5) is 5.00 Å². The molecule has 0 bridgehead atoms. The zero-order valence-corrected chi connectivity index (χ0v) is 23.9. The molecule has 0 saturated carbocycles. The first-order chi connectivity index (χ1) is 18.2. The first kappa shape index (κ1) is 26.5. The van der Waals surface area contributed by atoms with E-state index < -0.39 is 0 Å². The van der Waals surface area contributed by atoms with E-state index >= 15 is 0 Å². The van der Waals surface area contributed by atoms with Gasteiger partial charge in [0.25, 0.3) is 0 Å². The van der Waals surface area contributed by atoms with Gasteiger partial charge in [0.05, 0.1) is 11.3 Å². The van der Waals surface area contributed by atoms with Gasteiger partial charge in [0.1, 0.15) is 16.7 Å². The van der Waals surface area contributed by atoms with Crippen molar-refractivity contribution in [3.8, 4) is 17.7 Å². The Hall–Kier alpha value is -3.06. The topological polar surface area (TPSA) is 96.7 Å². The number of thiophene rings is 1. The van der Waals surface area contributed by atoms with E-state index in [0.717, 1.165) is 30.2 Å². The number of aromatic nitrogens is 3. The average Bonchev–Trinajstić information content (AvgIpc) is 3.56. The minimum Gasteiger partial charge on any atom is -0.453 e. The number of thioether (sulfide) groups is 1. The Balaban J connectivity index is 1.31. The SMILES string of the molecule is C=CCn1c(SCC(=O)Nc2sc3c(c2C#N)CC[C@@H](C(C)(C)C)C3)nnc1-c1cc2cc(Cl)ccc2o1. The zero-order chi connectivity index (χ0) is 27.0. The number of allylic oxidation sites excluding steroid dienone is 1. The number of nitrogens with zero attached hydrogens (tertiary/aromatic N) is 4. The Kier molecular flexibility index (Phi) is 7.40. The van der Waals surface area contributed by atoms with E-state index in [1.54, 1.807) is 23.5 Å². The third-order valence-electron chi connectivity index (χ3n) is 6.91. The van der Waals surface area contributed by atoms with Crippen molar-refractivity contribution in [2.75, 3.05) is 11.1 Å². The number of amides is 1. The number of rotatable bonds is 7. The maximum Gasteiger partial charge on any atom is 0.235 e. The second-order valence-electron chi connectivity index (χ2n) is 10.5. The van der Waals surface area contributed by atoms with E-state index in [-0.39, 0.29) is 17.1 Å². The van der Waals surface area contributed by atoms with Crippen LogP contribution in [0, 0.1) is 22.7 Å². The van der Waals surface area contributed by atoms with E-state index in [4.69, 9.17) is 16.0 Å². The van der Waals surface area contributed by atoms with Crippen molar-refractivity contribution in [1.82, 2.24) is 14.8 Å². The maximum absolute atomic E-state index is 12.9. The molecule has 10 heteroatoms. The Bertz CT molecular complexity index is 1570. The predicted molar refractivity (Wildman–Crippen MR) is 154 cm³/mol. The van der Waals surface area contributed by atoms with E-state index in [9.17, 15) is 10.1 Å². The molecule has 3 aromatic heterocycles. The van der Waals surface area contributed by atoms with Gasteiger partial charge in [-0.25, -0.2) is 0 Å². The summed E-state index contributed by atoms with van der Waals surface area (Å²) in [7, 11) is 0. The first-order valence-corrected chi connectivity index (χ1v) is 14.6. The fraction of sp³-hybridized carbons (Fsp3) is 0.357. The van der Waals surface area contributed by atoms with Crippen LogP contribution < -0.4 is 5.32 Å². The summed E-state index contributed by atoms with van der Waals surface area (Å²) in [6, 6.07) is 9.63. The summed E-state index contributed by atoms with van der Waals surface area (Å²) in [6.07, 6.45) is 4.63. The first-order valence-electron chi connectivity index (χ1n) is 12.4. The van der Waals surface area contributed by atoms with Crippen LogP contribution in [0.3, 0.4) is 0 Å². The Labute approximate surface area is 234 Å². The molecule has 1 amide bonds. The third kappa shape index (κ3) is 5.26. The number of benzene rings is 1. The molecule has 1 aliphatic carbocycles. The molecule has 1 aromatic carbocycles. The zero-order valence-electron chi connectivity index (χ0n) is 21.5. The highest BCUT2D eigenvalue weighted by Gasteiger charge is 2.32. The van der Waals surface area contributed by atoms with Crippen molar-refractivity contribution in [1.29, 1.82) is 5.26 Å². The largest absolute Gasteiger partial charge is 0.453 e. The van der Waals surface area contributed by atoms with Crippen LogP contribution in [-0.2, 0) is 24.2 Å². The van der Waals surface area contributed by atoms with Gasteiger partial charge in [0.15, 0.2) is 10.9 Å². The van der Waals surface area contributed by atoms with Crippen molar-refractivity contribution in [3.05, 3.63) is 57.9 Å².